The molecule has 0 spiro atoms. The standard InChI is InChI=1S/C19H28N4O2/c1-13-9-10-17(25-13)16(23(2)3)12-20-19(24)15-11-21-22-18(15)14-7-5-4-6-8-14/h9-11,14,16H,4-8,12H2,1-3H3,(H,20,24)(H,21,22)/t16-/m1/s1. The topological polar surface area (TPSA) is 74.2 Å². The first-order valence-corrected chi connectivity index (χ1v) is 9.10. The van der Waals surface area contributed by atoms with Gasteiger partial charge in [-0.05, 0) is 46.0 Å². The molecule has 1 aliphatic rings. The molecule has 1 amide bonds. The van der Waals surface area contributed by atoms with Crippen LogP contribution in [0.3, 0.4) is 0 Å². The molecule has 1 fully saturated rings. The van der Waals surface area contributed by atoms with Crippen LogP contribution in [0.5, 0.6) is 0 Å². The molecule has 1 aliphatic carbocycles. The van der Waals surface area contributed by atoms with Gasteiger partial charge in [-0.3, -0.25) is 14.8 Å². The fourth-order valence-electron chi connectivity index (χ4n) is 3.63. The second-order valence-corrected chi connectivity index (χ2v) is 7.17. The quantitative estimate of drug-likeness (QED) is 0.842. The lowest BCUT2D eigenvalue weighted by molar-refractivity contribution is 0.0937. The molecule has 3 rings (SSSR count). The lowest BCUT2D eigenvalue weighted by Gasteiger charge is -2.23. The van der Waals surface area contributed by atoms with Gasteiger partial charge in [0.05, 0.1) is 23.5 Å². The molecule has 2 N–H and O–H groups in total. The predicted octanol–water partition coefficient (Wildman–Crippen LogP) is 3.39. The summed E-state index contributed by atoms with van der Waals surface area (Å²) in [5, 5.41) is 10.2. The first kappa shape index (κ1) is 17.7. The highest BCUT2D eigenvalue weighted by Gasteiger charge is 2.25. The molecule has 0 radical (unpaired) electrons. The van der Waals surface area contributed by atoms with Gasteiger partial charge in [0.2, 0.25) is 0 Å². The van der Waals surface area contributed by atoms with E-state index < -0.39 is 0 Å². The minimum Gasteiger partial charge on any atom is -0.465 e. The average Bonchev–Trinajstić information content (AvgIpc) is 3.24. The molecule has 1 saturated carbocycles. The van der Waals surface area contributed by atoms with Crippen LogP contribution in [0.25, 0.3) is 0 Å². The van der Waals surface area contributed by atoms with Gasteiger partial charge in [0.1, 0.15) is 11.5 Å². The number of aromatic amines is 1. The number of furan rings is 1. The van der Waals surface area contributed by atoms with Crippen LogP contribution in [0.4, 0.5) is 0 Å². The van der Waals surface area contributed by atoms with Gasteiger partial charge < -0.3 is 9.73 Å². The Balaban J connectivity index is 1.67. The number of hydrogen-bond donors (Lipinski definition) is 2. The lowest BCUT2D eigenvalue weighted by Crippen LogP contribution is -2.34. The molecular formula is C19H28N4O2. The number of nitrogens with one attached hydrogen (secondary N) is 2. The van der Waals surface area contributed by atoms with Crippen LogP contribution >= 0.6 is 0 Å². The molecule has 1 atom stereocenters. The molecule has 0 unspecified atom stereocenters. The number of aromatic nitrogens is 2. The molecule has 0 saturated heterocycles. The first-order valence-electron chi connectivity index (χ1n) is 9.10. The highest BCUT2D eigenvalue weighted by molar-refractivity contribution is 5.95. The molecule has 6 heteroatoms. The minimum atomic E-state index is -0.0653. The van der Waals surface area contributed by atoms with Crippen molar-refractivity contribution in [3.8, 4) is 0 Å². The number of likely N-dealkylation sites (N-methyl/N-ethyl adjacent to an activating group) is 1. The molecule has 0 aliphatic heterocycles. The number of aryl methyl sites for hydroxylation is 1. The summed E-state index contributed by atoms with van der Waals surface area (Å²) in [7, 11) is 3.97. The van der Waals surface area contributed by atoms with E-state index in [1.165, 1.54) is 19.3 Å². The van der Waals surface area contributed by atoms with Crippen molar-refractivity contribution in [2.75, 3.05) is 20.6 Å². The third-order valence-corrected chi connectivity index (χ3v) is 5.10. The number of nitrogens with zero attached hydrogens (tertiary/aromatic N) is 2. The van der Waals surface area contributed by atoms with Crippen LogP contribution in [0.2, 0.25) is 0 Å². The monoisotopic (exact) mass is 344 g/mol. The molecule has 6 nitrogen and oxygen atoms in total. The molecular weight excluding hydrogens is 316 g/mol. The van der Waals surface area contributed by atoms with Crippen molar-refractivity contribution < 1.29 is 9.21 Å². The number of rotatable bonds is 6. The van der Waals surface area contributed by atoms with E-state index >= 15 is 0 Å². The van der Waals surface area contributed by atoms with Crippen molar-refractivity contribution in [1.82, 2.24) is 20.4 Å². The highest BCUT2D eigenvalue weighted by Crippen LogP contribution is 2.33. The fraction of sp³-hybridized carbons (Fsp3) is 0.579. The molecule has 0 bridgehead atoms. The maximum atomic E-state index is 12.7. The number of amides is 1. The second-order valence-electron chi connectivity index (χ2n) is 7.17. The van der Waals surface area contributed by atoms with E-state index in [-0.39, 0.29) is 11.9 Å². The lowest BCUT2D eigenvalue weighted by atomic mass is 9.85. The van der Waals surface area contributed by atoms with Crippen molar-refractivity contribution in [2.45, 2.75) is 51.0 Å². The summed E-state index contributed by atoms with van der Waals surface area (Å²) in [6.07, 6.45) is 7.67. The summed E-state index contributed by atoms with van der Waals surface area (Å²) in [6, 6.07) is 3.92. The van der Waals surface area contributed by atoms with E-state index in [0.29, 0.717) is 18.0 Å². The van der Waals surface area contributed by atoms with E-state index in [4.69, 9.17) is 4.42 Å². The van der Waals surface area contributed by atoms with Crippen molar-refractivity contribution in [3.05, 3.63) is 41.1 Å². The molecule has 2 aromatic rings. The summed E-state index contributed by atoms with van der Waals surface area (Å²) in [5.74, 6) is 2.10. The first-order chi connectivity index (χ1) is 12.1. The summed E-state index contributed by atoms with van der Waals surface area (Å²) in [6.45, 7) is 2.42. The number of carbonyl (C=O) groups is 1. The Morgan fingerprint density at radius 2 is 2.12 bits per heavy atom. The largest absolute Gasteiger partial charge is 0.465 e. The van der Waals surface area contributed by atoms with E-state index in [9.17, 15) is 4.79 Å². The van der Waals surface area contributed by atoms with Gasteiger partial charge in [-0.25, -0.2) is 0 Å². The highest BCUT2D eigenvalue weighted by atomic mass is 16.3. The van der Waals surface area contributed by atoms with Gasteiger partial charge in [0.25, 0.3) is 5.91 Å². The van der Waals surface area contributed by atoms with Crippen molar-refractivity contribution >= 4 is 5.91 Å². The van der Waals surface area contributed by atoms with Crippen LogP contribution < -0.4 is 5.32 Å². The fourth-order valence-corrected chi connectivity index (χ4v) is 3.63. The molecule has 0 aromatic carbocycles. The maximum absolute atomic E-state index is 12.7. The van der Waals surface area contributed by atoms with Gasteiger partial charge >= 0.3 is 0 Å². The third kappa shape index (κ3) is 4.12. The van der Waals surface area contributed by atoms with E-state index in [1.807, 2.05) is 33.2 Å². The summed E-state index contributed by atoms with van der Waals surface area (Å²) < 4.78 is 5.74. The van der Waals surface area contributed by atoms with Gasteiger partial charge in [0.15, 0.2) is 0 Å². The SMILES string of the molecule is Cc1ccc([C@@H](CNC(=O)c2cn[nH]c2C2CCCCC2)N(C)C)o1. The van der Waals surface area contributed by atoms with Crippen molar-refractivity contribution in [3.63, 3.8) is 0 Å². The van der Waals surface area contributed by atoms with Crippen LogP contribution in [0, 0.1) is 6.92 Å². The second kappa shape index (κ2) is 7.87. The van der Waals surface area contributed by atoms with Crippen LogP contribution in [-0.2, 0) is 0 Å². The zero-order chi connectivity index (χ0) is 17.8. The van der Waals surface area contributed by atoms with E-state index in [1.54, 1.807) is 6.20 Å². The third-order valence-electron chi connectivity index (χ3n) is 5.10. The van der Waals surface area contributed by atoms with Crippen LogP contribution in [0.1, 0.15) is 71.6 Å². The zero-order valence-corrected chi connectivity index (χ0v) is 15.3. The predicted molar refractivity (Wildman–Crippen MR) is 96.6 cm³/mol. The Bertz CT molecular complexity index is 698. The smallest absolute Gasteiger partial charge is 0.254 e. The average molecular weight is 344 g/mol. The molecule has 25 heavy (non-hydrogen) atoms. The van der Waals surface area contributed by atoms with E-state index in [0.717, 1.165) is 30.1 Å². The summed E-state index contributed by atoms with van der Waals surface area (Å²) >= 11 is 0. The van der Waals surface area contributed by atoms with Crippen molar-refractivity contribution in [1.29, 1.82) is 0 Å². The maximum Gasteiger partial charge on any atom is 0.254 e. The Morgan fingerprint density at radius 1 is 1.36 bits per heavy atom. The van der Waals surface area contributed by atoms with Crippen LogP contribution in [-0.4, -0.2) is 41.6 Å². The zero-order valence-electron chi connectivity index (χ0n) is 15.3. The molecule has 2 heterocycles. The number of carbonyl (C=O) groups excluding carboxylic acids is 1. The Labute approximate surface area is 149 Å². The summed E-state index contributed by atoms with van der Waals surface area (Å²) in [4.78, 5) is 14.8. The Hall–Kier alpha value is -2.08. The van der Waals surface area contributed by atoms with Crippen molar-refractivity contribution in [2.24, 2.45) is 0 Å². The van der Waals surface area contributed by atoms with Gasteiger partial charge in [-0.2, -0.15) is 5.10 Å². The number of hydrogen-bond acceptors (Lipinski definition) is 4. The normalized spacial score (nSPS) is 17.0. The van der Waals surface area contributed by atoms with Gasteiger partial charge in [-0.15, -0.1) is 0 Å². The van der Waals surface area contributed by atoms with Crippen LogP contribution in [0.15, 0.2) is 22.7 Å². The number of H-pyrrole nitrogens is 1. The Morgan fingerprint density at radius 3 is 2.76 bits per heavy atom. The minimum absolute atomic E-state index is 0.00248. The summed E-state index contributed by atoms with van der Waals surface area (Å²) in [5.41, 5.74) is 1.67. The van der Waals surface area contributed by atoms with Gasteiger partial charge in [0, 0.05) is 12.5 Å². The molecule has 2 aromatic heterocycles. The molecule has 136 valence electrons. The van der Waals surface area contributed by atoms with Gasteiger partial charge in [-0.1, -0.05) is 19.3 Å². The Kier molecular flexibility index (Phi) is 5.58. The van der Waals surface area contributed by atoms with E-state index in [2.05, 4.69) is 20.4 Å².